The largest absolute Gasteiger partial charge is 0.433 e. The van der Waals surface area contributed by atoms with Crippen LogP contribution in [-0.4, -0.2) is 37.5 Å². The minimum atomic E-state index is -0.718. The Morgan fingerprint density at radius 3 is 2.60 bits per heavy atom. The molecule has 88 valence electrons. The van der Waals surface area contributed by atoms with Crippen molar-refractivity contribution in [2.24, 2.45) is 10.6 Å². The lowest BCUT2D eigenvalue weighted by molar-refractivity contribution is 0.151. The number of amides is 1. The molecule has 0 radical (unpaired) electrons. The van der Waals surface area contributed by atoms with Gasteiger partial charge in [-0.3, -0.25) is 4.84 Å². The number of nitrogens with one attached hydrogen (secondary N) is 1. The van der Waals surface area contributed by atoms with Crippen molar-refractivity contribution in [1.82, 2.24) is 5.32 Å². The van der Waals surface area contributed by atoms with Crippen LogP contribution in [0.3, 0.4) is 0 Å². The van der Waals surface area contributed by atoms with Crippen molar-refractivity contribution < 1.29 is 14.0 Å². The first kappa shape index (κ1) is 14.2. The van der Waals surface area contributed by atoms with Gasteiger partial charge in [-0.25, -0.2) is 9.18 Å². The number of nitrogens with zero attached hydrogens (tertiary/aromatic N) is 1. The predicted molar refractivity (Wildman–Crippen MR) is 61.1 cm³/mol. The van der Waals surface area contributed by atoms with Gasteiger partial charge in [-0.15, -0.1) is 0 Å². The van der Waals surface area contributed by atoms with Crippen LogP contribution in [0.15, 0.2) is 5.16 Å². The zero-order chi connectivity index (χ0) is 11.9. The summed E-state index contributed by atoms with van der Waals surface area (Å²) < 4.78 is 12.7. The van der Waals surface area contributed by atoms with E-state index in [9.17, 15) is 9.18 Å². The fourth-order valence-corrected chi connectivity index (χ4v) is 1.80. The van der Waals surface area contributed by atoms with E-state index in [4.69, 9.17) is 0 Å². The van der Waals surface area contributed by atoms with Crippen LogP contribution in [0.25, 0.3) is 0 Å². The third-order valence-electron chi connectivity index (χ3n) is 1.86. The topological polar surface area (TPSA) is 50.7 Å². The highest BCUT2D eigenvalue weighted by Crippen LogP contribution is 2.23. The molecule has 0 aromatic rings. The summed E-state index contributed by atoms with van der Waals surface area (Å²) >= 11 is 1.59. The van der Waals surface area contributed by atoms with Crippen molar-refractivity contribution in [2.75, 3.05) is 25.7 Å². The van der Waals surface area contributed by atoms with E-state index in [1.807, 2.05) is 20.1 Å². The number of halogens is 1. The monoisotopic (exact) mass is 236 g/mol. The van der Waals surface area contributed by atoms with E-state index >= 15 is 0 Å². The van der Waals surface area contributed by atoms with E-state index in [1.165, 1.54) is 7.05 Å². The number of thioether (sulfide) groups is 1. The molecule has 0 fully saturated rings. The molecule has 0 aromatic heterocycles. The number of carbonyl (C=O) groups is 1. The standard InChI is InChI=1S/C9H17FN2O2S/c1-9(2,6-15-4)7(5-10)12-14-8(13)11-3/h5-6H2,1-4H3,(H,11,13). The van der Waals surface area contributed by atoms with Crippen LogP contribution in [-0.2, 0) is 4.84 Å². The maximum absolute atomic E-state index is 12.7. The predicted octanol–water partition coefficient (Wildman–Crippen LogP) is 2.06. The van der Waals surface area contributed by atoms with Gasteiger partial charge in [0.15, 0.2) is 0 Å². The zero-order valence-corrected chi connectivity index (χ0v) is 10.3. The molecule has 0 saturated heterocycles. The van der Waals surface area contributed by atoms with E-state index in [0.29, 0.717) is 5.75 Å². The summed E-state index contributed by atoms with van der Waals surface area (Å²) in [5, 5.41) is 5.75. The molecule has 1 N–H and O–H groups in total. The van der Waals surface area contributed by atoms with Gasteiger partial charge in [0.05, 0.1) is 5.71 Å². The van der Waals surface area contributed by atoms with Gasteiger partial charge in [0.1, 0.15) is 6.67 Å². The van der Waals surface area contributed by atoms with Gasteiger partial charge in [-0.1, -0.05) is 19.0 Å². The van der Waals surface area contributed by atoms with Crippen molar-refractivity contribution in [1.29, 1.82) is 0 Å². The first-order valence-electron chi connectivity index (χ1n) is 4.49. The Balaban J connectivity index is 4.52. The van der Waals surface area contributed by atoms with Crippen molar-refractivity contribution in [3.63, 3.8) is 0 Å². The molecule has 6 heteroatoms. The van der Waals surface area contributed by atoms with E-state index in [-0.39, 0.29) is 5.71 Å². The molecule has 0 heterocycles. The Labute approximate surface area is 93.6 Å². The Kier molecular flexibility index (Phi) is 6.31. The molecule has 0 aliphatic heterocycles. The van der Waals surface area contributed by atoms with Crippen molar-refractivity contribution in [3.8, 4) is 0 Å². The summed E-state index contributed by atoms with van der Waals surface area (Å²) in [7, 11) is 1.42. The molecule has 0 atom stereocenters. The van der Waals surface area contributed by atoms with Crippen molar-refractivity contribution in [3.05, 3.63) is 0 Å². The molecule has 0 aliphatic rings. The number of carbonyl (C=O) groups excluding carboxylic acids is 1. The molecule has 0 rings (SSSR count). The molecule has 1 amide bonds. The minimum absolute atomic E-state index is 0.237. The lowest BCUT2D eigenvalue weighted by atomic mass is 9.90. The summed E-state index contributed by atoms with van der Waals surface area (Å²) in [6.45, 7) is 2.99. The van der Waals surface area contributed by atoms with Crippen LogP contribution < -0.4 is 5.32 Å². The van der Waals surface area contributed by atoms with Gasteiger partial charge in [-0.05, 0) is 6.26 Å². The average Bonchev–Trinajstić information content (AvgIpc) is 2.17. The third-order valence-corrected chi connectivity index (χ3v) is 2.87. The first-order valence-corrected chi connectivity index (χ1v) is 5.88. The minimum Gasteiger partial charge on any atom is -0.323 e. The molecule has 0 bridgehead atoms. The number of hydrogen-bond acceptors (Lipinski definition) is 4. The Hall–Kier alpha value is -0.780. The second kappa shape index (κ2) is 6.66. The van der Waals surface area contributed by atoms with Crippen LogP contribution in [0.5, 0.6) is 0 Å². The Morgan fingerprint density at radius 1 is 1.60 bits per heavy atom. The van der Waals surface area contributed by atoms with Crippen LogP contribution in [0, 0.1) is 5.41 Å². The van der Waals surface area contributed by atoms with Gasteiger partial charge < -0.3 is 5.32 Å². The van der Waals surface area contributed by atoms with Gasteiger partial charge in [-0.2, -0.15) is 11.8 Å². The third kappa shape index (κ3) is 5.01. The second-order valence-electron chi connectivity index (χ2n) is 3.62. The van der Waals surface area contributed by atoms with Crippen LogP contribution in [0.2, 0.25) is 0 Å². The molecule has 0 aliphatic carbocycles. The first-order chi connectivity index (χ1) is 6.97. The highest BCUT2D eigenvalue weighted by atomic mass is 32.2. The quantitative estimate of drug-likeness (QED) is 0.451. The van der Waals surface area contributed by atoms with E-state index in [2.05, 4.69) is 15.3 Å². The molecule has 15 heavy (non-hydrogen) atoms. The van der Waals surface area contributed by atoms with Crippen LogP contribution >= 0.6 is 11.8 Å². The van der Waals surface area contributed by atoms with Crippen LogP contribution in [0.1, 0.15) is 13.8 Å². The molecule has 0 unspecified atom stereocenters. The molecular formula is C9H17FN2O2S. The Morgan fingerprint density at radius 2 is 2.20 bits per heavy atom. The van der Waals surface area contributed by atoms with Crippen molar-refractivity contribution in [2.45, 2.75) is 13.8 Å². The Bertz CT molecular complexity index is 244. The number of alkyl halides is 1. The van der Waals surface area contributed by atoms with Crippen LogP contribution in [0.4, 0.5) is 9.18 Å². The molecule has 4 nitrogen and oxygen atoms in total. The summed E-state index contributed by atoms with van der Waals surface area (Å²) in [6, 6.07) is 0. The van der Waals surface area contributed by atoms with E-state index in [0.717, 1.165) is 0 Å². The lowest BCUT2D eigenvalue weighted by Gasteiger charge is -2.22. The van der Waals surface area contributed by atoms with Crippen molar-refractivity contribution >= 4 is 23.6 Å². The smallest absolute Gasteiger partial charge is 0.323 e. The SMILES string of the molecule is CNC(=O)ON=C(CF)C(C)(C)CSC. The summed E-state index contributed by atoms with van der Waals surface area (Å²) in [5.41, 5.74) is -0.178. The lowest BCUT2D eigenvalue weighted by Crippen LogP contribution is -2.30. The maximum Gasteiger partial charge on any atom is 0.433 e. The van der Waals surface area contributed by atoms with Gasteiger partial charge >= 0.3 is 6.09 Å². The number of oxime groups is 1. The number of hydrogen-bond donors (Lipinski definition) is 1. The molecule has 0 aromatic carbocycles. The summed E-state index contributed by atoms with van der Waals surface area (Å²) in [4.78, 5) is 15.2. The summed E-state index contributed by atoms with van der Waals surface area (Å²) in [6.07, 6.45) is 1.23. The highest BCUT2D eigenvalue weighted by Gasteiger charge is 2.25. The highest BCUT2D eigenvalue weighted by molar-refractivity contribution is 7.98. The fourth-order valence-electron chi connectivity index (χ4n) is 0.915. The van der Waals surface area contributed by atoms with Gasteiger partial charge in [0.25, 0.3) is 0 Å². The van der Waals surface area contributed by atoms with Gasteiger partial charge in [0.2, 0.25) is 0 Å². The zero-order valence-electron chi connectivity index (χ0n) is 9.46. The van der Waals surface area contributed by atoms with E-state index < -0.39 is 18.2 Å². The maximum atomic E-state index is 12.7. The molecule has 0 spiro atoms. The normalized spacial score (nSPS) is 12.5. The van der Waals surface area contributed by atoms with Gasteiger partial charge in [0, 0.05) is 18.2 Å². The second-order valence-corrected chi connectivity index (χ2v) is 4.48. The average molecular weight is 236 g/mol. The fraction of sp³-hybridized carbons (Fsp3) is 0.778. The van der Waals surface area contributed by atoms with E-state index in [1.54, 1.807) is 11.8 Å². The summed E-state index contributed by atoms with van der Waals surface area (Å²) in [5.74, 6) is 0.715. The molecular weight excluding hydrogens is 219 g/mol. The molecule has 0 saturated carbocycles. The number of rotatable bonds is 5.